The molecule has 0 aliphatic carbocycles. The Balaban J connectivity index is 2.53. The van der Waals surface area contributed by atoms with Crippen molar-refractivity contribution >= 4 is 17.3 Å². The first kappa shape index (κ1) is 11.6. The Bertz CT molecular complexity index is 594. The predicted molar refractivity (Wildman–Crippen MR) is 60.6 cm³/mol. The monoisotopic (exact) mass is 248 g/mol. The normalized spacial score (nSPS) is 10.1. The van der Waals surface area contributed by atoms with Gasteiger partial charge in [-0.3, -0.25) is 14.9 Å². The number of carbonyl (C=O) groups is 1. The summed E-state index contributed by atoms with van der Waals surface area (Å²) in [7, 11) is 0. The summed E-state index contributed by atoms with van der Waals surface area (Å²) in [5, 5.41) is 26.3. The SMILES string of the molecule is CC(=O)Nc1ccc([N+](=O)[O-])cc1-c1nn[nH]n1. The smallest absolute Gasteiger partial charge is 0.270 e. The van der Waals surface area contributed by atoms with E-state index in [1.807, 2.05) is 0 Å². The van der Waals surface area contributed by atoms with Gasteiger partial charge in [-0.2, -0.15) is 5.21 Å². The molecular weight excluding hydrogens is 240 g/mol. The van der Waals surface area contributed by atoms with Crippen molar-refractivity contribution in [1.82, 2.24) is 20.6 Å². The minimum Gasteiger partial charge on any atom is -0.326 e. The molecule has 18 heavy (non-hydrogen) atoms. The number of rotatable bonds is 3. The van der Waals surface area contributed by atoms with Crippen LogP contribution >= 0.6 is 0 Å². The maximum atomic E-state index is 11.0. The highest BCUT2D eigenvalue weighted by molar-refractivity contribution is 5.93. The molecule has 9 nitrogen and oxygen atoms in total. The zero-order valence-electron chi connectivity index (χ0n) is 9.25. The van der Waals surface area contributed by atoms with Gasteiger partial charge in [0.15, 0.2) is 0 Å². The number of carbonyl (C=O) groups excluding carboxylic acids is 1. The molecule has 2 rings (SSSR count). The summed E-state index contributed by atoms with van der Waals surface area (Å²) >= 11 is 0. The van der Waals surface area contributed by atoms with E-state index < -0.39 is 4.92 Å². The van der Waals surface area contributed by atoms with Crippen LogP contribution in [-0.2, 0) is 4.79 Å². The summed E-state index contributed by atoms with van der Waals surface area (Å²) in [5.41, 5.74) is 0.589. The van der Waals surface area contributed by atoms with E-state index in [1.165, 1.54) is 25.1 Å². The number of nitrogens with zero attached hydrogens (tertiary/aromatic N) is 4. The molecule has 9 heteroatoms. The fraction of sp³-hybridized carbons (Fsp3) is 0.111. The lowest BCUT2D eigenvalue weighted by Crippen LogP contribution is -2.07. The average Bonchev–Trinajstić information content (AvgIpc) is 2.81. The Hall–Kier alpha value is -2.84. The van der Waals surface area contributed by atoms with Crippen molar-refractivity contribution in [3.8, 4) is 11.4 Å². The molecule has 0 bridgehead atoms. The molecule has 0 saturated carbocycles. The quantitative estimate of drug-likeness (QED) is 0.609. The highest BCUT2D eigenvalue weighted by Gasteiger charge is 2.15. The van der Waals surface area contributed by atoms with Crippen LogP contribution in [-0.4, -0.2) is 31.5 Å². The predicted octanol–water partition coefficient (Wildman–Crippen LogP) is 0.733. The molecule has 0 radical (unpaired) electrons. The van der Waals surface area contributed by atoms with E-state index in [2.05, 4.69) is 25.9 Å². The number of aromatic amines is 1. The molecule has 0 fully saturated rings. The molecule has 0 saturated heterocycles. The maximum Gasteiger partial charge on any atom is 0.270 e. The van der Waals surface area contributed by atoms with Crippen molar-refractivity contribution in [3.63, 3.8) is 0 Å². The first-order chi connectivity index (χ1) is 8.58. The fourth-order valence-electron chi connectivity index (χ4n) is 1.41. The Morgan fingerprint density at radius 1 is 1.50 bits per heavy atom. The first-order valence-electron chi connectivity index (χ1n) is 4.88. The summed E-state index contributed by atoms with van der Waals surface area (Å²) < 4.78 is 0. The molecule has 0 atom stereocenters. The Morgan fingerprint density at radius 2 is 2.28 bits per heavy atom. The lowest BCUT2D eigenvalue weighted by Gasteiger charge is -2.06. The van der Waals surface area contributed by atoms with Gasteiger partial charge in [-0.05, 0) is 11.3 Å². The van der Waals surface area contributed by atoms with E-state index in [0.717, 1.165) is 0 Å². The van der Waals surface area contributed by atoms with Gasteiger partial charge >= 0.3 is 0 Å². The zero-order valence-corrected chi connectivity index (χ0v) is 9.25. The largest absolute Gasteiger partial charge is 0.326 e. The summed E-state index contributed by atoms with van der Waals surface area (Å²) in [6.45, 7) is 1.33. The number of non-ortho nitro benzene ring substituents is 1. The van der Waals surface area contributed by atoms with E-state index in [9.17, 15) is 14.9 Å². The molecule has 2 N–H and O–H groups in total. The van der Waals surface area contributed by atoms with Crippen LogP contribution in [0.5, 0.6) is 0 Å². The second-order valence-corrected chi connectivity index (χ2v) is 3.40. The van der Waals surface area contributed by atoms with E-state index in [4.69, 9.17) is 0 Å². The number of nitro groups is 1. The Labute approximate surface area is 100 Å². The van der Waals surface area contributed by atoms with Gasteiger partial charge in [-0.15, -0.1) is 10.2 Å². The lowest BCUT2D eigenvalue weighted by atomic mass is 10.1. The van der Waals surface area contributed by atoms with Gasteiger partial charge < -0.3 is 5.32 Å². The molecule has 0 aliphatic rings. The third-order valence-electron chi connectivity index (χ3n) is 2.11. The van der Waals surface area contributed by atoms with E-state index in [-0.39, 0.29) is 17.4 Å². The fourth-order valence-corrected chi connectivity index (χ4v) is 1.41. The highest BCUT2D eigenvalue weighted by Crippen LogP contribution is 2.28. The summed E-state index contributed by atoms with van der Waals surface area (Å²) in [6, 6.07) is 3.98. The van der Waals surface area contributed by atoms with Crippen molar-refractivity contribution in [2.24, 2.45) is 0 Å². The summed E-state index contributed by atoms with van der Waals surface area (Å²) in [5.74, 6) is -0.129. The standard InChI is InChI=1S/C9H8N6O3/c1-5(16)10-8-3-2-6(15(17)18)4-7(8)9-11-13-14-12-9/h2-4H,1H3,(H,10,16)(H,11,12,13,14). The number of benzene rings is 1. The molecule has 2 aromatic rings. The molecule has 1 amide bonds. The molecule has 0 aliphatic heterocycles. The molecule has 0 spiro atoms. The number of hydrogen-bond acceptors (Lipinski definition) is 6. The second kappa shape index (κ2) is 4.57. The maximum absolute atomic E-state index is 11.0. The molecule has 1 aromatic heterocycles. The van der Waals surface area contributed by atoms with Crippen molar-refractivity contribution in [2.75, 3.05) is 5.32 Å². The minimum atomic E-state index is -0.541. The van der Waals surface area contributed by atoms with Crippen molar-refractivity contribution in [2.45, 2.75) is 6.92 Å². The van der Waals surface area contributed by atoms with Gasteiger partial charge in [0, 0.05) is 19.1 Å². The molecule has 92 valence electrons. The number of hydrogen-bond donors (Lipinski definition) is 2. The van der Waals surface area contributed by atoms with E-state index >= 15 is 0 Å². The summed E-state index contributed by atoms with van der Waals surface area (Å²) in [6.07, 6.45) is 0. The number of amides is 1. The number of aromatic nitrogens is 4. The zero-order chi connectivity index (χ0) is 13.1. The second-order valence-electron chi connectivity index (χ2n) is 3.40. The van der Waals surface area contributed by atoms with Gasteiger partial charge in [0.1, 0.15) is 0 Å². The number of tetrazole rings is 1. The van der Waals surface area contributed by atoms with Crippen molar-refractivity contribution in [1.29, 1.82) is 0 Å². The number of H-pyrrole nitrogens is 1. The van der Waals surface area contributed by atoms with Crippen LogP contribution in [0.4, 0.5) is 11.4 Å². The highest BCUT2D eigenvalue weighted by atomic mass is 16.6. The van der Waals surface area contributed by atoms with Gasteiger partial charge in [0.2, 0.25) is 11.7 Å². The number of nitro benzene ring substituents is 1. The number of nitrogens with one attached hydrogen (secondary N) is 2. The van der Waals surface area contributed by atoms with Gasteiger partial charge in [-0.1, -0.05) is 0 Å². The van der Waals surface area contributed by atoms with Crippen LogP contribution in [0.25, 0.3) is 11.4 Å². The topological polar surface area (TPSA) is 127 Å². The van der Waals surface area contributed by atoms with Crippen LogP contribution in [0.3, 0.4) is 0 Å². The Kier molecular flexibility index (Phi) is 2.96. The van der Waals surface area contributed by atoms with Crippen LogP contribution in [0.15, 0.2) is 18.2 Å². The van der Waals surface area contributed by atoms with Crippen molar-refractivity contribution in [3.05, 3.63) is 28.3 Å². The van der Waals surface area contributed by atoms with Crippen LogP contribution in [0.2, 0.25) is 0 Å². The van der Waals surface area contributed by atoms with Crippen molar-refractivity contribution < 1.29 is 9.72 Å². The summed E-state index contributed by atoms with van der Waals surface area (Å²) in [4.78, 5) is 21.2. The van der Waals surface area contributed by atoms with Gasteiger partial charge in [-0.25, -0.2) is 0 Å². The first-order valence-corrected chi connectivity index (χ1v) is 4.88. The average molecular weight is 248 g/mol. The minimum absolute atomic E-state index is 0.121. The molecule has 1 heterocycles. The number of anilines is 1. The lowest BCUT2D eigenvalue weighted by molar-refractivity contribution is -0.384. The molecule has 1 aromatic carbocycles. The van der Waals surface area contributed by atoms with Crippen LogP contribution < -0.4 is 5.32 Å². The van der Waals surface area contributed by atoms with E-state index in [1.54, 1.807) is 0 Å². The molecular formula is C9H8N6O3. The molecule has 0 unspecified atom stereocenters. The Morgan fingerprint density at radius 3 is 2.83 bits per heavy atom. The van der Waals surface area contributed by atoms with Gasteiger partial charge in [0.05, 0.1) is 16.2 Å². The third-order valence-corrected chi connectivity index (χ3v) is 2.11. The van der Waals surface area contributed by atoms with Crippen LogP contribution in [0.1, 0.15) is 6.92 Å². The van der Waals surface area contributed by atoms with E-state index in [0.29, 0.717) is 11.3 Å². The third kappa shape index (κ3) is 2.29. The van der Waals surface area contributed by atoms with Crippen LogP contribution in [0, 0.1) is 10.1 Å². The van der Waals surface area contributed by atoms with Gasteiger partial charge in [0.25, 0.3) is 5.69 Å².